The van der Waals surface area contributed by atoms with Crippen LogP contribution in [0.15, 0.2) is 70.6 Å². The van der Waals surface area contributed by atoms with Crippen LogP contribution in [0.1, 0.15) is 16.7 Å². The highest BCUT2D eigenvalue weighted by Crippen LogP contribution is 2.31. The van der Waals surface area contributed by atoms with E-state index in [-0.39, 0.29) is 5.91 Å². The number of aryl methyl sites for hydroxylation is 1. The molecule has 4 rings (SSSR count). The summed E-state index contributed by atoms with van der Waals surface area (Å²) in [6.07, 6.45) is 1.94. The molecule has 0 aliphatic carbocycles. The van der Waals surface area contributed by atoms with Gasteiger partial charge in [-0.05, 0) is 65.2 Å². The topological polar surface area (TPSA) is 41.5 Å². The fourth-order valence-electron chi connectivity index (χ4n) is 2.96. The maximum atomic E-state index is 12.4. The highest BCUT2D eigenvalue weighted by Gasteiger charge is 2.24. The minimum absolute atomic E-state index is 0.105. The summed E-state index contributed by atoms with van der Waals surface area (Å²) < 4.78 is 0. The first-order chi connectivity index (χ1) is 12.6. The van der Waals surface area contributed by atoms with E-state index in [4.69, 9.17) is 0 Å². The monoisotopic (exact) mass is 358 g/mol. The highest BCUT2D eigenvalue weighted by molar-refractivity contribution is 8.18. The summed E-state index contributed by atoms with van der Waals surface area (Å²) in [5, 5.41) is 5.79. The summed E-state index contributed by atoms with van der Waals surface area (Å²) in [5.41, 5.74) is 4.24. The molecule has 1 fully saturated rings. The van der Waals surface area contributed by atoms with E-state index in [0.717, 1.165) is 27.6 Å². The van der Waals surface area contributed by atoms with Gasteiger partial charge >= 0.3 is 0 Å². The van der Waals surface area contributed by atoms with Gasteiger partial charge in [-0.1, -0.05) is 54.6 Å². The highest BCUT2D eigenvalue weighted by atomic mass is 32.2. The first-order valence-electron chi connectivity index (χ1n) is 8.45. The van der Waals surface area contributed by atoms with E-state index in [9.17, 15) is 4.79 Å². The zero-order chi connectivity index (χ0) is 18.1. The second-order valence-electron chi connectivity index (χ2n) is 6.27. The number of nitrogens with zero attached hydrogens (tertiary/aromatic N) is 1. The van der Waals surface area contributed by atoms with Crippen molar-refractivity contribution < 1.29 is 4.79 Å². The fraction of sp³-hybridized carbons (Fsp3) is 0.0909. The van der Waals surface area contributed by atoms with Crippen LogP contribution in [0.4, 0.5) is 5.69 Å². The second kappa shape index (κ2) is 6.81. The smallest absolute Gasteiger partial charge is 0.264 e. The lowest BCUT2D eigenvalue weighted by atomic mass is 10.0. The minimum atomic E-state index is -0.105. The van der Waals surface area contributed by atoms with Crippen molar-refractivity contribution in [2.24, 2.45) is 4.99 Å². The molecule has 1 amide bonds. The lowest BCUT2D eigenvalue weighted by Gasteiger charge is -2.04. The largest absolute Gasteiger partial charge is 0.300 e. The molecule has 0 radical (unpaired) electrons. The van der Waals surface area contributed by atoms with E-state index in [1.165, 1.54) is 17.3 Å². The van der Waals surface area contributed by atoms with Crippen molar-refractivity contribution in [2.45, 2.75) is 13.8 Å². The third-order valence-electron chi connectivity index (χ3n) is 4.56. The van der Waals surface area contributed by atoms with Crippen molar-refractivity contribution in [3.05, 3.63) is 82.3 Å². The van der Waals surface area contributed by atoms with Gasteiger partial charge in [0.05, 0.1) is 10.6 Å². The molecule has 0 atom stereocenters. The van der Waals surface area contributed by atoms with Crippen LogP contribution in [-0.4, -0.2) is 11.1 Å². The van der Waals surface area contributed by atoms with Gasteiger partial charge in [0.2, 0.25) is 0 Å². The number of hydrogen-bond acceptors (Lipinski definition) is 3. The maximum Gasteiger partial charge on any atom is 0.264 e. The molecule has 26 heavy (non-hydrogen) atoms. The van der Waals surface area contributed by atoms with Crippen molar-refractivity contribution in [1.82, 2.24) is 5.32 Å². The fourth-order valence-corrected chi connectivity index (χ4v) is 3.79. The molecular weight excluding hydrogens is 340 g/mol. The Morgan fingerprint density at radius 2 is 1.73 bits per heavy atom. The van der Waals surface area contributed by atoms with E-state index in [0.29, 0.717) is 10.1 Å². The Kier molecular flexibility index (Phi) is 4.35. The predicted molar refractivity (Wildman–Crippen MR) is 111 cm³/mol. The molecule has 128 valence electrons. The molecule has 1 aliphatic heterocycles. The number of hydrogen-bond donors (Lipinski definition) is 1. The van der Waals surface area contributed by atoms with E-state index < -0.39 is 0 Å². The van der Waals surface area contributed by atoms with E-state index in [1.807, 2.05) is 49.4 Å². The molecule has 4 heteroatoms. The van der Waals surface area contributed by atoms with Gasteiger partial charge in [0.15, 0.2) is 5.17 Å². The molecule has 0 bridgehead atoms. The zero-order valence-electron chi connectivity index (χ0n) is 14.6. The summed E-state index contributed by atoms with van der Waals surface area (Å²) in [6, 6.07) is 20.3. The average Bonchev–Trinajstić information content (AvgIpc) is 2.98. The molecule has 0 aromatic heterocycles. The van der Waals surface area contributed by atoms with Gasteiger partial charge in [-0.3, -0.25) is 4.79 Å². The Bertz CT molecular complexity index is 1080. The molecule has 1 aliphatic rings. The maximum absolute atomic E-state index is 12.4. The summed E-state index contributed by atoms with van der Waals surface area (Å²) >= 11 is 1.38. The van der Waals surface area contributed by atoms with Crippen molar-refractivity contribution in [2.75, 3.05) is 0 Å². The van der Waals surface area contributed by atoms with Gasteiger partial charge in [-0.2, -0.15) is 0 Å². The number of carbonyl (C=O) groups excluding carboxylic acids is 1. The van der Waals surface area contributed by atoms with Gasteiger partial charge in [0.25, 0.3) is 5.91 Å². The number of aliphatic imine (C=N–C) groups is 1. The molecule has 3 aromatic rings. The van der Waals surface area contributed by atoms with Crippen LogP contribution in [0.3, 0.4) is 0 Å². The Morgan fingerprint density at radius 3 is 2.62 bits per heavy atom. The summed E-state index contributed by atoms with van der Waals surface area (Å²) in [5.74, 6) is -0.105. The molecule has 0 unspecified atom stereocenters. The van der Waals surface area contributed by atoms with Crippen molar-refractivity contribution in [3.63, 3.8) is 0 Å². The quantitative estimate of drug-likeness (QED) is 0.628. The second-order valence-corrected chi connectivity index (χ2v) is 7.30. The van der Waals surface area contributed by atoms with E-state index >= 15 is 0 Å². The number of amidine groups is 1. The molecule has 0 saturated carbocycles. The van der Waals surface area contributed by atoms with Crippen molar-refractivity contribution >= 4 is 45.4 Å². The Labute approximate surface area is 156 Å². The lowest BCUT2D eigenvalue weighted by Crippen LogP contribution is -2.19. The molecule has 3 aromatic carbocycles. The number of fused-ring (bicyclic) bond motifs is 1. The number of carbonyl (C=O) groups is 1. The first-order valence-corrected chi connectivity index (χ1v) is 9.27. The molecular formula is C22H18N2OS. The SMILES string of the molecule is Cc1cccc(N=C2NC(=O)C(=Cc3cccc4ccccc34)S2)c1C. The Hall–Kier alpha value is -2.85. The van der Waals surface area contributed by atoms with Crippen LogP contribution in [0.5, 0.6) is 0 Å². The number of benzene rings is 3. The first kappa shape index (κ1) is 16.6. The Morgan fingerprint density at radius 1 is 0.962 bits per heavy atom. The Balaban J connectivity index is 1.69. The zero-order valence-corrected chi connectivity index (χ0v) is 15.4. The number of nitrogens with one attached hydrogen (secondary N) is 1. The number of rotatable bonds is 2. The standard InChI is InChI=1S/C22H18N2OS/c1-14-7-5-12-19(15(14)2)23-22-24-21(25)20(26-22)13-17-10-6-9-16-8-3-4-11-18(16)17/h3-13H,1-2H3,(H,23,24,25). The van der Waals surface area contributed by atoms with Crippen LogP contribution < -0.4 is 5.32 Å². The summed E-state index contributed by atoms with van der Waals surface area (Å²) in [7, 11) is 0. The lowest BCUT2D eigenvalue weighted by molar-refractivity contribution is -0.115. The van der Waals surface area contributed by atoms with Gasteiger partial charge in [0, 0.05) is 0 Å². The van der Waals surface area contributed by atoms with Gasteiger partial charge in [0.1, 0.15) is 0 Å². The van der Waals surface area contributed by atoms with Crippen LogP contribution in [0, 0.1) is 13.8 Å². The number of amides is 1. The molecule has 3 nitrogen and oxygen atoms in total. The minimum Gasteiger partial charge on any atom is -0.300 e. The molecule has 1 heterocycles. The normalized spacial score (nSPS) is 17.2. The molecule has 0 spiro atoms. The summed E-state index contributed by atoms with van der Waals surface area (Å²) in [4.78, 5) is 17.7. The van der Waals surface area contributed by atoms with Gasteiger partial charge in [-0.15, -0.1) is 0 Å². The van der Waals surface area contributed by atoms with E-state index in [2.05, 4.69) is 41.5 Å². The number of thioether (sulfide) groups is 1. The summed E-state index contributed by atoms with van der Waals surface area (Å²) in [6.45, 7) is 4.11. The van der Waals surface area contributed by atoms with Gasteiger partial charge in [-0.25, -0.2) is 4.99 Å². The van der Waals surface area contributed by atoms with Crippen LogP contribution >= 0.6 is 11.8 Å². The molecule has 1 saturated heterocycles. The van der Waals surface area contributed by atoms with E-state index in [1.54, 1.807) is 0 Å². The predicted octanol–water partition coefficient (Wildman–Crippen LogP) is 5.35. The third-order valence-corrected chi connectivity index (χ3v) is 5.47. The van der Waals surface area contributed by atoms with Crippen molar-refractivity contribution in [3.8, 4) is 0 Å². The van der Waals surface area contributed by atoms with Crippen LogP contribution in [0.25, 0.3) is 16.8 Å². The third kappa shape index (κ3) is 3.16. The van der Waals surface area contributed by atoms with Crippen LogP contribution in [-0.2, 0) is 4.79 Å². The van der Waals surface area contributed by atoms with Gasteiger partial charge < -0.3 is 5.32 Å². The molecule has 1 N–H and O–H groups in total. The van der Waals surface area contributed by atoms with Crippen molar-refractivity contribution in [1.29, 1.82) is 0 Å². The van der Waals surface area contributed by atoms with Crippen LogP contribution in [0.2, 0.25) is 0 Å². The average molecular weight is 358 g/mol.